The molecule has 1 saturated heterocycles. The van der Waals surface area contributed by atoms with Crippen LogP contribution in [0.25, 0.3) is 0 Å². The van der Waals surface area contributed by atoms with E-state index < -0.39 is 5.54 Å². The number of carbonyl (C=O) groups is 1. The molecule has 2 fully saturated rings. The number of amides is 1. The molecule has 2 heterocycles. The summed E-state index contributed by atoms with van der Waals surface area (Å²) >= 11 is 1.52. The molecule has 0 radical (unpaired) electrons. The Labute approximate surface area is 147 Å². The third kappa shape index (κ3) is 2.76. The number of ether oxygens (including phenoxy) is 1. The minimum Gasteiger partial charge on any atom is -0.377 e. The predicted molar refractivity (Wildman–Crippen MR) is 91.6 cm³/mol. The van der Waals surface area contributed by atoms with Gasteiger partial charge in [-0.3, -0.25) is 4.79 Å². The first-order valence-corrected chi connectivity index (χ1v) is 7.98. The molecule has 1 amide bonds. The van der Waals surface area contributed by atoms with Crippen molar-refractivity contribution in [2.75, 3.05) is 6.61 Å². The Morgan fingerprint density at radius 2 is 2.27 bits per heavy atom. The number of fused-ring (bicyclic) bond motifs is 1. The summed E-state index contributed by atoms with van der Waals surface area (Å²) in [5.74, 6) is 0.0453. The van der Waals surface area contributed by atoms with E-state index in [9.17, 15) is 4.79 Å². The van der Waals surface area contributed by atoms with Crippen LogP contribution in [0.2, 0.25) is 0 Å². The summed E-state index contributed by atoms with van der Waals surface area (Å²) < 4.78 is 5.82. The van der Waals surface area contributed by atoms with Crippen molar-refractivity contribution in [2.24, 2.45) is 17.1 Å². The summed E-state index contributed by atoms with van der Waals surface area (Å²) in [4.78, 5) is 16.8. The second-order valence-electron chi connectivity index (χ2n) is 6.29. The van der Waals surface area contributed by atoms with Crippen LogP contribution >= 0.6 is 36.2 Å². The molecule has 3 unspecified atom stereocenters. The molecule has 22 heavy (non-hydrogen) atoms. The van der Waals surface area contributed by atoms with E-state index in [4.69, 9.17) is 10.5 Å². The highest BCUT2D eigenvalue weighted by Crippen LogP contribution is 2.57. The molecule has 126 valence electrons. The number of hydrogen-bond donors (Lipinski definition) is 2. The number of thiazole rings is 1. The minimum atomic E-state index is -0.839. The van der Waals surface area contributed by atoms with E-state index in [1.54, 1.807) is 5.51 Å². The smallest absolute Gasteiger partial charge is 0.241 e. The zero-order chi connectivity index (χ0) is 14.4. The molecule has 2 aliphatic rings. The van der Waals surface area contributed by atoms with Gasteiger partial charge in [-0.15, -0.1) is 36.2 Å². The molecular weight excluding hydrogens is 345 g/mol. The molecule has 1 saturated carbocycles. The molecule has 8 heteroatoms. The number of hydrogen-bond acceptors (Lipinski definition) is 5. The van der Waals surface area contributed by atoms with Crippen LogP contribution in [0.1, 0.15) is 32.4 Å². The number of halogens is 2. The van der Waals surface area contributed by atoms with Gasteiger partial charge in [-0.25, -0.2) is 4.98 Å². The van der Waals surface area contributed by atoms with Crippen molar-refractivity contribution in [1.82, 2.24) is 10.3 Å². The molecule has 1 aromatic heterocycles. The maximum absolute atomic E-state index is 12.6. The lowest BCUT2D eigenvalue weighted by atomic mass is 9.46. The summed E-state index contributed by atoms with van der Waals surface area (Å²) in [6.07, 6.45) is 2.05. The van der Waals surface area contributed by atoms with Crippen molar-refractivity contribution < 1.29 is 9.53 Å². The van der Waals surface area contributed by atoms with Crippen LogP contribution in [0.4, 0.5) is 0 Å². The highest BCUT2D eigenvalue weighted by molar-refractivity contribution is 7.07. The van der Waals surface area contributed by atoms with Crippen molar-refractivity contribution >= 4 is 42.1 Å². The van der Waals surface area contributed by atoms with Crippen molar-refractivity contribution in [1.29, 1.82) is 0 Å². The van der Waals surface area contributed by atoms with Gasteiger partial charge < -0.3 is 15.8 Å². The lowest BCUT2D eigenvalue weighted by Gasteiger charge is -2.65. The van der Waals surface area contributed by atoms with E-state index >= 15 is 0 Å². The van der Waals surface area contributed by atoms with Crippen LogP contribution in [0.3, 0.4) is 0 Å². The normalized spacial score (nSPS) is 31.8. The molecule has 1 aromatic rings. The van der Waals surface area contributed by atoms with Crippen LogP contribution in [0.15, 0.2) is 10.9 Å². The van der Waals surface area contributed by atoms with Gasteiger partial charge in [0.15, 0.2) is 0 Å². The summed E-state index contributed by atoms with van der Waals surface area (Å²) in [7, 11) is 0. The second-order valence-corrected chi connectivity index (χ2v) is 7.01. The van der Waals surface area contributed by atoms with Gasteiger partial charge in [-0.05, 0) is 12.8 Å². The van der Waals surface area contributed by atoms with E-state index in [2.05, 4.69) is 10.3 Å². The van der Waals surface area contributed by atoms with E-state index in [1.165, 1.54) is 11.3 Å². The van der Waals surface area contributed by atoms with Gasteiger partial charge >= 0.3 is 0 Å². The Balaban J connectivity index is 0.00000121. The zero-order valence-electron chi connectivity index (χ0n) is 12.7. The Bertz CT molecular complexity index is 512. The summed E-state index contributed by atoms with van der Waals surface area (Å²) in [6, 6.07) is 0. The first-order valence-electron chi connectivity index (χ1n) is 7.04. The van der Waals surface area contributed by atoms with E-state index in [1.807, 2.05) is 19.2 Å². The number of nitrogens with one attached hydrogen (secondary N) is 1. The lowest BCUT2D eigenvalue weighted by Crippen LogP contribution is -2.82. The van der Waals surface area contributed by atoms with E-state index in [0.29, 0.717) is 6.54 Å². The predicted octanol–water partition coefficient (Wildman–Crippen LogP) is 2.14. The quantitative estimate of drug-likeness (QED) is 0.857. The molecule has 0 spiro atoms. The number of nitrogens with two attached hydrogens (primary N) is 1. The number of carbonyl (C=O) groups excluding carboxylic acids is 1. The van der Waals surface area contributed by atoms with Gasteiger partial charge in [0.1, 0.15) is 5.54 Å². The Kier molecular flexibility index (Phi) is 6.26. The number of rotatable bonds is 3. The van der Waals surface area contributed by atoms with Crippen LogP contribution < -0.4 is 11.1 Å². The average molecular weight is 368 g/mol. The molecule has 0 bridgehead atoms. The molecule has 1 aliphatic heterocycles. The van der Waals surface area contributed by atoms with E-state index in [0.717, 1.165) is 25.1 Å². The third-order valence-electron chi connectivity index (χ3n) is 4.97. The first kappa shape index (κ1) is 19.6. The van der Waals surface area contributed by atoms with Crippen LogP contribution in [0.5, 0.6) is 0 Å². The Morgan fingerprint density at radius 1 is 1.55 bits per heavy atom. The fraction of sp³-hybridized carbons (Fsp3) is 0.714. The van der Waals surface area contributed by atoms with Gasteiger partial charge in [0.2, 0.25) is 5.91 Å². The summed E-state index contributed by atoms with van der Waals surface area (Å²) in [5.41, 5.74) is 7.98. The largest absolute Gasteiger partial charge is 0.377 e. The van der Waals surface area contributed by atoms with Crippen LogP contribution in [-0.2, 0) is 16.1 Å². The Morgan fingerprint density at radius 3 is 2.91 bits per heavy atom. The van der Waals surface area contributed by atoms with Gasteiger partial charge in [-0.1, -0.05) is 13.8 Å². The van der Waals surface area contributed by atoms with Crippen molar-refractivity contribution in [3.63, 3.8) is 0 Å². The van der Waals surface area contributed by atoms with Crippen LogP contribution in [0, 0.1) is 11.3 Å². The molecular formula is C14H23Cl2N3O2S. The zero-order valence-corrected chi connectivity index (χ0v) is 15.2. The average Bonchev–Trinajstić information content (AvgIpc) is 2.97. The SMILES string of the molecule is CC1(C)C2OCCCC2C1(N)C(=O)NCc1cscn1.Cl.Cl. The molecule has 3 atom stereocenters. The summed E-state index contributed by atoms with van der Waals surface area (Å²) in [6.45, 7) is 5.28. The first-order chi connectivity index (χ1) is 9.48. The highest BCUT2D eigenvalue weighted by Gasteiger charge is 2.70. The number of nitrogens with zero attached hydrogens (tertiary/aromatic N) is 1. The maximum Gasteiger partial charge on any atom is 0.241 e. The standard InChI is InChI=1S/C14H21N3O2S.2ClH/c1-13(2)11-10(4-3-5-19-11)14(13,15)12(18)16-6-9-7-20-8-17-9;;/h7-8,10-11H,3-6,15H2,1-2H3,(H,16,18);2*1H. The van der Waals surface area contributed by atoms with Crippen molar-refractivity contribution in [3.8, 4) is 0 Å². The van der Waals surface area contributed by atoms with Gasteiger partial charge in [0.25, 0.3) is 0 Å². The van der Waals surface area contributed by atoms with Gasteiger partial charge in [0, 0.05) is 23.3 Å². The lowest BCUT2D eigenvalue weighted by molar-refractivity contribution is -0.225. The fourth-order valence-electron chi connectivity index (χ4n) is 3.68. The monoisotopic (exact) mass is 367 g/mol. The van der Waals surface area contributed by atoms with Crippen molar-refractivity contribution in [2.45, 2.75) is 44.9 Å². The third-order valence-corrected chi connectivity index (χ3v) is 5.61. The molecule has 0 aromatic carbocycles. The minimum absolute atomic E-state index is 0. The Hall–Kier alpha value is -0.400. The van der Waals surface area contributed by atoms with E-state index in [-0.39, 0.29) is 48.2 Å². The summed E-state index contributed by atoms with van der Waals surface area (Å²) in [5, 5.41) is 4.87. The van der Waals surface area contributed by atoms with Gasteiger partial charge in [0.05, 0.1) is 23.9 Å². The van der Waals surface area contributed by atoms with Crippen LogP contribution in [-0.4, -0.2) is 29.1 Å². The highest BCUT2D eigenvalue weighted by atomic mass is 35.5. The topological polar surface area (TPSA) is 77.2 Å². The molecule has 1 aliphatic carbocycles. The molecule has 3 rings (SSSR count). The second kappa shape index (κ2) is 7.01. The van der Waals surface area contributed by atoms with Crippen molar-refractivity contribution in [3.05, 3.63) is 16.6 Å². The fourth-order valence-corrected chi connectivity index (χ4v) is 4.24. The molecule has 5 nitrogen and oxygen atoms in total. The maximum atomic E-state index is 12.6. The number of aromatic nitrogens is 1. The molecule has 3 N–H and O–H groups in total. The van der Waals surface area contributed by atoms with Gasteiger partial charge in [-0.2, -0.15) is 0 Å².